The van der Waals surface area contributed by atoms with Gasteiger partial charge in [-0.3, -0.25) is 9.48 Å². The monoisotopic (exact) mass is 226 g/mol. The number of hydrogen-bond acceptors (Lipinski definition) is 4. The SMILES string of the molecule is CCOC(=O)c1nn(C)cc1CCC(=O)O. The van der Waals surface area contributed by atoms with Gasteiger partial charge in [-0.2, -0.15) is 5.10 Å². The van der Waals surface area contributed by atoms with Gasteiger partial charge in [-0.05, 0) is 13.3 Å². The van der Waals surface area contributed by atoms with Gasteiger partial charge >= 0.3 is 11.9 Å². The van der Waals surface area contributed by atoms with Crippen LogP contribution in [0.15, 0.2) is 6.20 Å². The van der Waals surface area contributed by atoms with Crippen molar-refractivity contribution in [3.8, 4) is 0 Å². The third-order valence-electron chi connectivity index (χ3n) is 1.98. The molecule has 0 bridgehead atoms. The Balaban J connectivity index is 2.82. The number of carbonyl (C=O) groups excluding carboxylic acids is 1. The minimum Gasteiger partial charge on any atom is -0.481 e. The number of carboxylic acids is 1. The molecule has 0 fully saturated rings. The van der Waals surface area contributed by atoms with Crippen LogP contribution in [0.3, 0.4) is 0 Å². The van der Waals surface area contributed by atoms with Crippen molar-refractivity contribution in [1.82, 2.24) is 9.78 Å². The second-order valence-corrected chi connectivity index (χ2v) is 3.29. The summed E-state index contributed by atoms with van der Waals surface area (Å²) in [5, 5.41) is 12.5. The van der Waals surface area contributed by atoms with E-state index in [1.54, 1.807) is 20.2 Å². The molecule has 88 valence electrons. The van der Waals surface area contributed by atoms with E-state index in [0.717, 1.165) is 0 Å². The Labute approximate surface area is 92.8 Å². The number of aromatic nitrogens is 2. The molecule has 0 amide bonds. The van der Waals surface area contributed by atoms with Crippen molar-refractivity contribution in [2.24, 2.45) is 7.05 Å². The molecular formula is C10H14N2O4. The molecule has 1 aromatic heterocycles. The average molecular weight is 226 g/mol. The molecule has 0 aliphatic heterocycles. The van der Waals surface area contributed by atoms with Crippen LogP contribution in [0.25, 0.3) is 0 Å². The highest BCUT2D eigenvalue weighted by molar-refractivity contribution is 5.89. The van der Waals surface area contributed by atoms with E-state index in [4.69, 9.17) is 9.84 Å². The van der Waals surface area contributed by atoms with E-state index in [1.807, 2.05) is 0 Å². The van der Waals surface area contributed by atoms with Gasteiger partial charge in [0.05, 0.1) is 6.61 Å². The van der Waals surface area contributed by atoms with Crippen molar-refractivity contribution in [2.75, 3.05) is 6.61 Å². The van der Waals surface area contributed by atoms with Crippen LogP contribution in [0.1, 0.15) is 29.4 Å². The molecule has 1 N–H and O–H groups in total. The molecule has 0 saturated heterocycles. The lowest BCUT2D eigenvalue weighted by Crippen LogP contribution is -2.09. The summed E-state index contributed by atoms with van der Waals surface area (Å²) in [6, 6.07) is 0. The van der Waals surface area contributed by atoms with Gasteiger partial charge in [0.15, 0.2) is 5.69 Å². The Hall–Kier alpha value is -1.85. The van der Waals surface area contributed by atoms with Crippen molar-refractivity contribution in [3.63, 3.8) is 0 Å². The van der Waals surface area contributed by atoms with Gasteiger partial charge in [0.25, 0.3) is 0 Å². The number of nitrogens with zero attached hydrogens (tertiary/aromatic N) is 2. The molecule has 0 aliphatic carbocycles. The van der Waals surface area contributed by atoms with Gasteiger partial charge in [-0.15, -0.1) is 0 Å². The van der Waals surface area contributed by atoms with Crippen LogP contribution in [0.5, 0.6) is 0 Å². The quantitative estimate of drug-likeness (QED) is 0.744. The van der Waals surface area contributed by atoms with E-state index in [1.165, 1.54) is 4.68 Å². The molecule has 0 aliphatic rings. The van der Waals surface area contributed by atoms with Crippen LogP contribution in [0, 0.1) is 0 Å². The molecule has 0 atom stereocenters. The summed E-state index contributed by atoms with van der Waals surface area (Å²) in [7, 11) is 1.67. The largest absolute Gasteiger partial charge is 0.481 e. The third-order valence-corrected chi connectivity index (χ3v) is 1.98. The molecule has 0 spiro atoms. The zero-order chi connectivity index (χ0) is 12.1. The summed E-state index contributed by atoms with van der Waals surface area (Å²) in [4.78, 5) is 21.9. The second-order valence-electron chi connectivity index (χ2n) is 3.29. The molecule has 1 rings (SSSR count). The van der Waals surface area contributed by atoms with Crippen LogP contribution >= 0.6 is 0 Å². The van der Waals surface area contributed by atoms with Crippen molar-refractivity contribution in [2.45, 2.75) is 19.8 Å². The number of carbonyl (C=O) groups is 2. The Morgan fingerprint density at radius 2 is 2.25 bits per heavy atom. The lowest BCUT2D eigenvalue weighted by Gasteiger charge is -2.00. The van der Waals surface area contributed by atoms with Crippen LogP contribution in [-0.4, -0.2) is 33.4 Å². The fourth-order valence-corrected chi connectivity index (χ4v) is 1.33. The summed E-state index contributed by atoms with van der Waals surface area (Å²) in [5.41, 5.74) is 0.800. The fraction of sp³-hybridized carbons (Fsp3) is 0.500. The van der Waals surface area contributed by atoms with Gasteiger partial charge in [-0.1, -0.05) is 0 Å². The summed E-state index contributed by atoms with van der Waals surface area (Å²) in [6.07, 6.45) is 1.88. The molecule has 1 heterocycles. The lowest BCUT2D eigenvalue weighted by atomic mass is 10.1. The molecule has 0 saturated carbocycles. The molecule has 16 heavy (non-hydrogen) atoms. The van der Waals surface area contributed by atoms with Gasteiger partial charge < -0.3 is 9.84 Å². The number of hydrogen-bond donors (Lipinski definition) is 1. The van der Waals surface area contributed by atoms with Crippen molar-refractivity contribution in [1.29, 1.82) is 0 Å². The zero-order valence-corrected chi connectivity index (χ0v) is 9.27. The normalized spacial score (nSPS) is 10.1. The number of esters is 1. The summed E-state index contributed by atoms with van der Waals surface area (Å²) < 4.78 is 6.30. The first-order valence-corrected chi connectivity index (χ1v) is 4.96. The van der Waals surface area contributed by atoms with E-state index >= 15 is 0 Å². The topological polar surface area (TPSA) is 81.4 Å². The molecule has 0 radical (unpaired) electrons. The number of carboxylic acid groups (broad SMARTS) is 1. The van der Waals surface area contributed by atoms with Gasteiger partial charge in [-0.25, -0.2) is 4.79 Å². The Bertz CT molecular complexity index is 398. The highest BCUT2D eigenvalue weighted by atomic mass is 16.5. The fourth-order valence-electron chi connectivity index (χ4n) is 1.33. The molecule has 0 aromatic carbocycles. The number of aliphatic carboxylic acids is 1. The molecule has 6 nitrogen and oxygen atoms in total. The van der Waals surface area contributed by atoms with Crippen LogP contribution in [0.2, 0.25) is 0 Å². The minimum atomic E-state index is -0.904. The first-order valence-electron chi connectivity index (χ1n) is 4.96. The third kappa shape index (κ3) is 3.08. The summed E-state index contributed by atoms with van der Waals surface area (Å²) in [5.74, 6) is -1.41. The highest BCUT2D eigenvalue weighted by Gasteiger charge is 2.17. The van der Waals surface area contributed by atoms with Gasteiger partial charge in [0.1, 0.15) is 0 Å². The minimum absolute atomic E-state index is 0.0297. The Morgan fingerprint density at radius 3 is 2.81 bits per heavy atom. The number of ether oxygens (including phenoxy) is 1. The molecular weight excluding hydrogens is 212 g/mol. The second kappa shape index (κ2) is 5.29. The highest BCUT2D eigenvalue weighted by Crippen LogP contribution is 2.10. The molecule has 1 aromatic rings. The van der Waals surface area contributed by atoms with Crippen LogP contribution < -0.4 is 0 Å². The van der Waals surface area contributed by atoms with Crippen molar-refractivity contribution < 1.29 is 19.4 Å². The van der Waals surface area contributed by atoms with E-state index in [2.05, 4.69) is 5.10 Å². The molecule has 0 unspecified atom stereocenters. The van der Waals surface area contributed by atoms with Gasteiger partial charge in [0, 0.05) is 25.2 Å². The molecule has 6 heteroatoms. The maximum Gasteiger partial charge on any atom is 0.359 e. The zero-order valence-electron chi connectivity index (χ0n) is 9.27. The van der Waals surface area contributed by atoms with Crippen LogP contribution in [0.4, 0.5) is 0 Å². The maximum absolute atomic E-state index is 11.5. The van der Waals surface area contributed by atoms with Crippen LogP contribution in [-0.2, 0) is 23.0 Å². The van der Waals surface area contributed by atoms with E-state index in [0.29, 0.717) is 5.56 Å². The average Bonchev–Trinajstić information content (AvgIpc) is 2.57. The van der Waals surface area contributed by atoms with Crippen molar-refractivity contribution in [3.05, 3.63) is 17.5 Å². The lowest BCUT2D eigenvalue weighted by molar-refractivity contribution is -0.136. The predicted molar refractivity (Wildman–Crippen MR) is 55.1 cm³/mol. The standard InChI is InChI=1S/C10H14N2O4/c1-3-16-10(15)9-7(4-5-8(13)14)6-12(2)11-9/h6H,3-5H2,1-2H3,(H,13,14). The summed E-state index contributed by atoms with van der Waals surface area (Å²) in [6.45, 7) is 1.98. The maximum atomic E-state index is 11.5. The Kier molecular flexibility index (Phi) is 4.04. The first-order chi connectivity index (χ1) is 7.54. The van der Waals surface area contributed by atoms with E-state index in [9.17, 15) is 9.59 Å². The van der Waals surface area contributed by atoms with Crippen molar-refractivity contribution >= 4 is 11.9 Å². The summed E-state index contributed by atoms with van der Waals surface area (Å²) >= 11 is 0. The Morgan fingerprint density at radius 1 is 1.56 bits per heavy atom. The smallest absolute Gasteiger partial charge is 0.359 e. The van der Waals surface area contributed by atoms with E-state index in [-0.39, 0.29) is 25.1 Å². The first kappa shape index (κ1) is 12.2. The predicted octanol–water partition coefficient (Wildman–Crippen LogP) is 0.614. The van der Waals surface area contributed by atoms with E-state index < -0.39 is 11.9 Å². The van der Waals surface area contributed by atoms with Gasteiger partial charge in [0.2, 0.25) is 0 Å². The number of rotatable bonds is 5. The number of aryl methyl sites for hydroxylation is 2.